The Labute approximate surface area is 187 Å². The van der Waals surface area contributed by atoms with Gasteiger partial charge in [0.15, 0.2) is 5.76 Å². The molecule has 1 heterocycles. The molecule has 0 spiro atoms. The number of methoxy groups -OCH3 is 2. The minimum Gasteiger partial charge on any atom is -0.486 e. The normalized spacial score (nSPS) is 10.2. The standard InChI is InChI=1S/C22H18N2O9/c1-30-21(26)13-9-14(22(27)31-2)11-15(10-13)23-20(25)19-8-7-18(33-19)12-32-17-5-3-16(4-6-17)24(28)29/h3-11H,12H2,1-2H3,(H,23,25). The Morgan fingerprint density at radius 3 is 2.09 bits per heavy atom. The fourth-order valence-electron chi connectivity index (χ4n) is 2.76. The molecule has 0 aliphatic carbocycles. The van der Waals surface area contributed by atoms with Gasteiger partial charge in [0.1, 0.15) is 18.1 Å². The van der Waals surface area contributed by atoms with E-state index in [1.54, 1.807) is 0 Å². The third kappa shape index (κ3) is 5.73. The van der Waals surface area contributed by atoms with Crippen LogP contribution in [0.25, 0.3) is 0 Å². The minimum atomic E-state index is -0.695. The van der Waals surface area contributed by atoms with E-state index in [1.165, 1.54) is 68.8 Å². The summed E-state index contributed by atoms with van der Waals surface area (Å²) in [7, 11) is 2.38. The van der Waals surface area contributed by atoms with E-state index < -0.39 is 22.8 Å². The van der Waals surface area contributed by atoms with Gasteiger partial charge in [0.05, 0.1) is 30.3 Å². The Bertz CT molecular complexity index is 1160. The highest BCUT2D eigenvalue weighted by molar-refractivity contribution is 6.04. The number of anilines is 1. The van der Waals surface area contributed by atoms with E-state index in [0.29, 0.717) is 11.5 Å². The first kappa shape index (κ1) is 23.0. The third-order valence-electron chi connectivity index (χ3n) is 4.35. The SMILES string of the molecule is COC(=O)c1cc(NC(=O)c2ccc(COc3ccc([N+](=O)[O-])cc3)o2)cc(C(=O)OC)c1. The van der Waals surface area contributed by atoms with Gasteiger partial charge < -0.3 is 23.9 Å². The van der Waals surface area contributed by atoms with Crippen molar-refractivity contribution in [3.05, 3.63) is 87.4 Å². The maximum atomic E-state index is 12.6. The van der Waals surface area contributed by atoms with Gasteiger partial charge in [-0.3, -0.25) is 14.9 Å². The fraction of sp³-hybridized carbons (Fsp3) is 0.136. The molecule has 33 heavy (non-hydrogen) atoms. The fourth-order valence-corrected chi connectivity index (χ4v) is 2.76. The molecular weight excluding hydrogens is 436 g/mol. The summed E-state index contributed by atoms with van der Waals surface area (Å²) in [6.45, 7) is -0.0184. The lowest BCUT2D eigenvalue weighted by Crippen LogP contribution is -2.13. The molecule has 0 saturated carbocycles. The molecule has 11 heteroatoms. The molecule has 2 aromatic carbocycles. The van der Waals surface area contributed by atoms with Gasteiger partial charge >= 0.3 is 11.9 Å². The average molecular weight is 454 g/mol. The zero-order valence-corrected chi connectivity index (χ0v) is 17.5. The molecule has 3 rings (SSSR count). The van der Waals surface area contributed by atoms with Crippen LogP contribution in [-0.4, -0.2) is 37.0 Å². The molecule has 0 aliphatic heterocycles. The Morgan fingerprint density at radius 1 is 0.939 bits per heavy atom. The van der Waals surface area contributed by atoms with Crippen molar-refractivity contribution >= 4 is 29.2 Å². The minimum absolute atomic E-state index is 0.0184. The van der Waals surface area contributed by atoms with Gasteiger partial charge in [-0.2, -0.15) is 0 Å². The number of carbonyl (C=O) groups excluding carboxylic acids is 3. The molecule has 1 amide bonds. The Kier molecular flexibility index (Phi) is 7.03. The number of nitrogens with one attached hydrogen (secondary N) is 1. The van der Waals surface area contributed by atoms with Crippen LogP contribution in [0.5, 0.6) is 5.75 Å². The van der Waals surface area contributed by atoms with Gasteiger partial charge in [0.2, 0.25) is 0 Å². The van der Waals surface area contributed by atoms with Crippen LogP contribution in [0, 0.1) is 10.1 Å². The number of ether oxygens (including phenoxy) is 3. The zero-order chi connectivity index (χ0) is 24.0. The van der Waals surface area contributed by atoms with Crippen molar-refractivity contribution in [3.63, 3.8) is 0 Å². The van der Waals surface area contributed by atoms with Crippen LogP contribution in [0.1, 0.15) is 37.0 Å². The summed E-state index contributed by atoms with van der Waals surface area (Å²) >= 11 is 0. The van der Waals surface area contributed by atoms with Crippen molar-refractivity contribution in [1.29, 1.82) is 0 Å². The predicted molar refractivity (Wildman–Crippen MR) is 113 cm³/mol. The highest BCUT2D eigenvalue weighted by Crippen LogP contribution is 2.21. The number of amides is 1. The zero-order valence-electron chi connectivity index (χ0n) is 17.5. The van der Waals surface area contributed by atoms with Crippen molar-refractivity contribution in [2.24, 2.45) is 0 Å². The third-order valence-corrected chi connectivity index (χ3v) is 4.35. The van der Waals surface area contributed by atoms with Gasteiger partial charge in [-0.15, -0.1) is 0 Å². The summed E-state index contributed by atoms with van der Waals surface area (Å²) in [6.07, 6.45) is 0. The van der Waals surface area contributed by atoms with E-state index in [4.69, 9.17) is 9.15 Å². The summed E-state index contributed by atoms with van der Waals surface area (Å²) in [5, 5.41) is 13.2. The smallest absolute Gasteiger partial charge is 0.337 e. The second-order valence-electron chi connectivity index (χ2n) is 6.54. The molecule has 11 nitrogen and oxygen atoms in total. The van der Waals surface area contributed by atoms with E-state index >= 15 is 0 Å². The van der Waals surface area contributed by atoms with Crippen molar-refractivity contribution in [2.75, 3.05) is 19.5 Å². The number of rotatable bonds is 8. The summed E-state index contributed by atoms with van der Waals surface area (Å²) in [4.78, 5) is 46.5. The number of non-ortho nitro benzene ring substituents is 1. The Hall–Kier alpha value is -4.67. The lowest BCUT2D eigenvalue weighted by atomic mass is 10.1. The summed E-state index contributed by atoms with van der Waals surface area (Å²) in [5.74, 6) is -1.34. The first-order valence-electron chi connectivity index (χ1n) is 9.39. The molecule has 0 atom stereocenters. The van der Waals surface area contributed by atoms with E-state index in [2.05, 4.69) is 14.8 Å². The second kappa shape index (κ2) is 10.1. The van der Waals surface area contributed by atoms with Crippen LogP contribution < -0.4 is 10.1 Å². The predicted octanol–water partition coefficient (Wildman–Crippen LogP) is 3.59. The molecule has 0 unspecified atom stereocenters. The van der Waals surface area contributed by atoms with E-state index in [1.807, 2.05) is 0 Å². The van der Waals surface area contributed by atoms with E-state index in [9.17, 15) is 24.5 Å². The number of carbonyl (C=O) groups is 3. The monoisotopic (exact) mass is 454 g/mol. The molecule has 1 aromatic heterocycles. The highest BCUT2D eigenvalue weighted by Gasteiger charge is 2.17. The highest BCUT2D eigenvalue weighted by atomic mass is 16.6. The van der Waals surface area contributed by atoms with Gasteiger partial charge in [0, 0.05) is 17.8 Å². The van der Waals surface area contributed by atoms with Crippen molar-refractivity contribution in [2.45, 2.75) is 6.61 Å². The first-order chi connectivity index (χ1) is 15.8. The number of benzene rings is 2. The lowest BCUT2D eigenvalue weighted by Gasteiger charge is -2.09. The lowest BCUT2D eigenvalue weighted by molar-refractivity contribution is -0.384. The maximum Gasteiger partial charge on any atom is 0.337 e. The van der Waals surface area contributed by atoms with Crippen LogP contribution in [0.4, 0.5) is 11.4 Å². The summed E-state index contributed by atoms with van der Waals surface area (Å²) < 4.78 is 20.3. The maximum absolute atomic E-state index is 12.6. The number of nitro benzene ring substituents is 1. The molecule has 0 fully saturated rings. The van der Waals surface area contributed by atoms with Crippen LogP contribution in [0.3, 0.4) is 0 Å². The quantitative estimate of drug-likeness (QED) is 0.306. The molecular formula is C22H18N2O9. The average Bonchev–Trinajstić information content (AvgIpc) is 3.31. The number of hydrogen-bond acceptors (Lipinski definition) is 9. The summed E-state index contributed by atoms with van der Waals surface area (Å²) in [5.41, 5.74) is 0.189. The van der Waals surface area contributed by atoms with Crippen molar-refractivity contribution in [1.82, 2.24) is 0 Å². The van der Waals surface area contributed by atoms with E-state index in [0.717, 1.165) is 0 Å². The van der Waals surface area contributed by atoms with E-state index in [-0.39, 0.29) is 34.9 Å². The van der Waals surface area contributed by atoms with Crippen LogP contribution in [-0.2, 0) is 16.1 Å². The molecule has 0 radical (unpaired) electrons. The number of nitrogens with zero attached hydrogens (tertiary/aromatic N) is 1. The Morgan fingerprint density at radius 2 is 1.55 bits per heavy atom. The second-order valence-corrected chi connectivity index (χ2v) is 6.54. The first-order valence-corrected chi connectivity index (χ1v) is 9.39. The number of furan rings is 1. The van der Waals surface area contributed by atoms with Gasteiger partial charge in [-0.25, -0.2) is 9.59 Å². The molecule has 0 bridgehead atoms. The van der Waals surface area contributed by atoms with Gasteiger partial charge in [-0.05, 0) is 42.5 Å². The molecule has 170 valence electrons. The number of nitro groups is 1. The molecule has 3 aromatic rings. The number of esters is 2. The molecule has 0 aliphatic rings. The Balaban J connectivity index is 1.69. The number of hydrogen-bond donors (Lipinski definition) is 1. The molecule has 0 saturated heterocycles. The van der Waals surface area contributed by atoms with Crippen LogP contribution >= 0.6 is 0 Å². The van der Waals surface area contributed by atoms with Crippen molar-refractivity contribution < 1.29 is 37.9 Å². The van der Waals surface area contributed by atoms with Crippen LogP contribution in [0.15, 0.2) is 59.0 Å². The van der Waals surface area contributed by atoms with Crippen LogP contribution in [0.2, 0.25) is 0 Å². The summed E-state index contributed by atoms with van der Waals surface area (Å²) in [6, 6.07) is 12.4. The molecule has 1 N–H and O–H groups in total. The largest absolute Gasteiger partial charge is 0.486 e. The van der Waals surface area contributed by atoms with Crippen molar-refractivity contribution in [3.8, 4) is 5.75 Å². The van der Waals surface area contributed by atoms with Gasteiger partial charge in [0.25, 0.3) is 11.6 Å². The topological polar surface area (TPSA) is 147 Å². The van der Waals surface area contributed by atoms with Gasteiger partial charge in [-0.1, -0.05) is 0 Å².